The van der Waals surface area contributed by atoms with E-state index in [0.717, 1.165) is 17.9 Å². The van der Waals surface area contributed by atoms with Crippen molar-refractivity contribution in [3.8, 4) is 17.6 Å². The highest BCUT2D eigenvalue weighted by atomic mass is 16.5. The monoisotopic (exact) mass is 275 g/mol. The second-order valence-corrected chi connectivity index (χ2v) is 5.39. The zero-order valence-electron chi connectivity index (χ0n) is 13.1. The van der Waals surface area contributed by atoms with Gasteiger partial charge in [0.25, 0.3) is 0 Å². The topological polar surface area (TPSA) is 32.7 Å². The number of aliphatic hydroxyl groups excluding tert-OH is 1. The van der Waals surface area contributed by atoms with E-state index in [1.54, 1.807) is 7.11 Å². The molecule has 1 aromatic rings. The minimum absolute atomic E-state index is 0.141. The second kappa shape index (κ2) is 7.94. The molecule has 0 spiro atoms. The van der Waals surface area contributed by atoms with Gasteiger partial charge in [-0.15, -0.1) is 0 Å². The Hall–Kier alpha value is -1.50. The fraction of sp³-hybridized carbons (Fsp3) is 0.529. The number of benzene rings is 1. The summed E-state index contributed by atoms with van der Waals surface area (Å²) < 4.78 is 5.29. The van der Waals surface area contributed by atoms with Gasteiger partial charge in [0.05, 0.1) is 12.7 Å². The van der Waals surface area contributed by atoms with Gasteiger partial charge in [-0.3, -0.25) is 4.90 Å². The minimum Gasteiger partial charge on any atom is -0.495 e. The van der Waals surface area contributed by atoms with Crippen molar-refractivity contribution < 1.29 is 9.84 Å². The van der Waals surface area contributed by atoms with Crippen molar-refractivity contribution >= 4 is 0 Å². The van der Waals surface area contributed by atoms with Gasteiger partial charge >= 0.3 is 0 Å². The zero-order valence-corrected chi connectivity index (χ0v) is 13.1. The van der Waals surface area contributed by atoms with Crippen LogP contribution in [0.25, 0.3) is 0 Å². The SMILES string of the molecule is COc1ccc(CN(C)C(C)C(C)C)cc1C#CCO. The van der Waals surface area contributed by atoms with Crippen LogP contribution in [0.5, 0.6) is 5.75 Å². The molecule has 0 amide bonds. The molecule has 0 aliphatic carbocycles. The maximum Gasteiger partial charge on any atom is 0.134 e. The first-order valence-corrected chi connectivity index (χ1v) is 6.96. The normalized spacial score (nSPS) is 12.2. The molecule has 0 bridgehead atoms. The highest BCUT2D eigenvalue weighted by Crippen LogP contribution is 2.20. The number of hydrogen-bond acceptors (Lipinski definition) is 3. The molecule has 1 rings (SSSR count). The third kappa shape index (κ3) is 4.56. The second-order valence-electron chi connectivity index (χ2n) is 5.39. The van der Waals surface area contributed by atoms with Crippen LogP contribution in [-0.2, 0) is 6.54 Å². The van der Waals surface area contributed by atoms with Crippen LogP contribution in [0, 0.1) is 17.8 Å². The van der Waals surface area contributed by atoms with E-state index in [1.807, 2.05) is 12.1 Å². The summed E-state index contributed by atoms with van der Waals surface area (Å²) in [5, 5.41) is 8.82. The van der Waals surface area contributed by atoms with Crippen LogP contribution in [0.3, 0.4) is 0 Å². The van der Waals surface area contributed by atoms with Crippen molar-refractivity contribution in [1.29, 1.82) is 0 Å². The zero-order chi connectivity index (χ0) is 15.1. The van der Waals surface area contributed by atoms with E-state index in [-0.39, 0.29) is 6.61 Å². The molecule has 0 fully saturated rings. The van der Waals surface area contributed by atoms with Crippen LogP contribution in [0.1, 0.15) is 31.9 Å². The predicted molar refractivity (Wildman–Crippen MR) is 82.7 cm³/mol. The van der Waals surface area contributed by atoms with E-state index in [2.05, 4.69) is 50.6 Å². The summed E-state index contributed by atoms with van der Waals surface area (Å²) in [6, 6.07) is 6.55. The Morgan fingerprint density at radius 2 is 2.00 bits per heavy atom. The van der Waals surface area contributed by atoms with E-state index in [9.17, 15) is 0 Å². The summed E-state index contributed by atoms with van der Waals surface area (Å²) in [4.78, 5) is 2.33. The fourth-order valence-corrected chi connectivity index (χ4v) is 2.03. The molecule has 0 aliphatic heterocycles. The van der Waals surface area contributed by atoms with Gasteiger partial charge in [-0.1, -0.05) is 31.8 Å². The standard InChI is InChI=1S/C17H25NO2/c1-13(2)14(3)18(4)12-15-8-9-17(20-5)16(11-15)7-6-10-19/h8-9,11,13-14,19H,10,12H2,1-5H3. The van der Waals surface area contributed by atoms with Crippen molar-refractivity contribution in [1.82, 2.24) is 4.90 Å². The smallest absolute Gasteiger partial charge is 0.134 e. The van der Waals surface area contributed by atoms with Crippen LogP contribution < -0.4 is 4.74 Å². The van der Waals surface area contributed by atoms with Crippen molar-refractivity contribution in [3.63, 3.8) is 0 Å². The molecule has 0 saturated heterocycles. The Labute approximate surface area is 122 Å². The average Bonchev–Trinajstić information content (AvgIpc) is 2.44. The van der Waals surface area contributed by atoms with Gasteiger partial charge < -0.3 is 9.84 Å². The molecule has 0 radical (unpaired) electrons. The van der Waals surface area contributed by atoms with E-state index < -0.39 is 0 Å². The van der Waals surface area contributed by atoms with E-state index >= 15 is 0 Å². The van der Waals surface area contributed by atoms with Gasteiger partial charge in [-0.25, -0.2) is 0 Å². The molecule has 0 saturated carbocycles. The van der Waals surface area contributed by atoms with Gasteiger partial charge in [0.15, 0.2) is 0 Å². The Morgan fingerprint density at radius 1 is 1.30 bits per heavy atom. The van der Waals surface area contributed by atoms with Crippen molar-refractivity contribution in [3.05, 3.63) is 29.3 Å². The average molecular weight is 275 g/mol. The van der Waals surface area contributed by atoms with Gasteiger partial charge in [0, 0.05) is 12.6 Å². The first-order chi connectivity index (χ1) is 9.49. The van der Waals surface area contributed by atoms with E-state index in [1.165, 1.54) is 5.56 Å². The lowest BCUT2D eigenvalue weighted by Gasteiger charge is -2.28. The number of methoxy groups -OCH3 is 1. The Morgan fingerprint density at radius 3 is 2.55 bits per heavy atom. The summed E-state index contributed by atoms with van der Waals surface area (Å²) in [7, 11) is 3.76. The number of ether oxygens (including phenoxy) is 1. The predicted octanol–water partition coefficient (Wildman–Crippen LogP) is 2.52. The third-order valence-electron chi connectivity index (χ3n) is 3.66. The highest BCUT2D eigenvalue weighted by molar-refractivity contribution is 5.48. The summed E-state index contributed by atoms with van der Waals surface area (Å²) >= 11 is 0. The molecule has 0 aromatic heterocycles. The van der Waals surface area contributed by atoms with Crippen LogP contribution >= 0.6 is 0 Å². The number of aliphatic hydroxyl groups is 1. The fourth-order valence-electron chi connectivity index (χ4n) is 2.03. The number of nitrogens with zero attached hydrogens (tertiary/aromatic N) is 1. The summed E-state index contributed by atoms with van der Waals surface area (Å²) in [5.74, 6) is 6.97. The Kier molecular flexibility index (Phi) is 6.57. The van der Waals surface area contributed by atoms with Gasteiger partial charge in [0.1, 0.15) is 12.4 Å². The highest BCUT2D eigenvalue weighted by Gasteiger charge is 2.13. The van der Waals surface area contributed by atoms with E-state index in [0.29, 0.717) is 12.0 Å². The quantitative estimate of drug-likeness (QED) is 0.838. The van der Waals surface area contributed by atoms with Crippen molar-refractivity contribution in [2.24, 2.45) is 5.92 Å². The van der Waals surface area contributed by atoms with Gasteiger partial charge in [-0.2, -0.15) is 0 Å². The molecule has 20 heavy (non-hydrogen) atoms. The molecule has 3 heteroatoms. The third-order valence-corrected chi connectivity index (χ3v) is 3.66. The Bertz CT molecular complexity index is 485. The van der Waals surface area contributed by atoms with Crippen molar-refractivity contribution in [2.75, 3.05) is 20.8 Å². The molecule has 1 atom stereocenters. The van der Waals surface area contributed by atoms with Crippen LogP contribution in [-0.4, -0.2) is 36.8 Å². The maximum atomic E-state index is 8.82. The Balaban J connectivity index is 2.92. The van der Waals surface area contributed by atoms with Gasteiger partial charge in [0.2, 0.25) is 0 Å². The molecule has 0 aliphatic rings. The lowest BCUT2D eigenvalue weighted by atomic mass is 10.0. The molecule has 1 N–H and O–H groups in total. The number of rotatable bonds is 5. The minimum atomic E-state index is -0.141. The lowest BCUT2D eigenvalue weighted by Crippen LogP contribution is -2.32. The summed E-state index contributed by atoms with van der Waals surface area (Å²) in [5.41, 5.74) is 2.02. The van der Waals surface area contributed by atoms with Crippen LogP contribution in [0.4, 0.5) is 0 Å². The molecular formula is C17H25NO2. The van der Waals surface area contributed by atoms with Crippen LogP contribution in [0.15, 0.2) is 18.2 Å². The maximum absolute atomic E-state index is 8.82. The molecule has 110 valence electrons. The molecule has 1 aromatic carbocycles. The van der Waals surface area contributed by atoms with Gasteiger partial charge in [-0.05, 0) is 37.6 Å². The lowest BCUT2D eigenvalue weighted by molar-refractivity contribution is 0.200. The van der Waals surface area contributed by atoms with Crippen molar-refractivity contribution in [2.45, 2.75) is 33.4 Å². The largest absolute Gasteiger partial charge is 0.495 e. The first kappa shape index (κ1) is 16.6. The molecular weight excluding hydrogens is 250 g/mol. The van der Waals surface area contributed by atoms with Crippen LogP contribution in [0.2, 0.25) is 0 Å². The molecule has 1 unspecified atom stereocenters. The van der Waals surface area contributed by atoms with E-state index in [4.69, 9.17) is 9.84 Å². The number of hydrogen-bond donors (Lipinski definition) is 1. The first-order valence-electron chi connectivity index (χ1n) is 6.96. The summed E-state index contributed by atoms with van der Waals surface area (Å²) in [6.07, 6.45) is 0. The summed E-state index contributed by atoms with van der Waals surface area (Å²) in [6.45, 7) is 7.43. The molecule has 3 nitrogen and oxygen atoms in total. The molecule has 0 heterocycles.